The van der Waals surface area contributed by atoms with Gasteiger partial charge < -0.3 is 0 Å². The predicted octanol–water partition coefficient (Wildman–Crippen LogP) is 4.75. The van der Waals surface area contributed by atoms with E-state index < -0.39 is 5.92 Å². The zero-order chi connectivity index (χ0) is 14.8. The van der Waals surface area contributed by atoms with Crippen molar-refractivity contribution >= 4 is 5.78 Å². The van der Waals surface area contributed by atoms with Crippen LogP contribution in [0.5, 0.6) is 0 Å². The summed E-state index contributed by atoms with van der Waals surface area (Å²) in [5.74, 6) is -2.16. The smallest absolute Gasteiger partial charge is 0.248 e. The molecule has 1 fully saturated rings. The minimum absolute atomic E-state index is 0.109. The number of carbonyl (C=O) groups excluding carboxylic acids is 1. The van der Waals surface area contributed by atoms with Crippen molar-refractivity contribution in [2.45, 2.75) is 57.8 Å². The van der Waals surface area contributed by atoms with Crippen molar-refractivity contribution < 1.29 is 13.6 Å². The second kappa shape index (κ2) is 6.02. The molecule has 1 aliphatic rings. The summed E-state index contributed by atoms with van der Waals surface area (Å²) >= 11 is 0. The van der Waals surface area contributed by atoms with Gasteiger partial charge in [0, 0.05) is 25.2 Å². The Kier molecular flexibility index (Phi) is 4.56. The topological polar surface area (TPSA) is 17.1 Å². The van der Waals surface area contributed by atoms with Crippen molar-refractivity contribution in [2.75, 3.05) is 0 Å². The van der Waals surface area contributed by atoms with E-state index in [2.05, 4.69) is 13.8 Å². The number of hydrogen-bond acceptors (Lipinski definition) is 1. The zero-order valence-electron chi connectivity index (χ0n) is 12.2. The molecule has 1 aliphatic carbocycles. The van der Waals surface area contributed by atoms with E-state index in [1.807, 2.05) is 24.3 Å². The van der Waals surface area contributed by atoms with Gasteiger partial charge in [-0.2, -0.15) is 0 Å². The van der Waals surface area contributed by atoms with E-state index in [9.17, 15) is 13.6 Å². The van der Waals surface area contributed by atoms with Gasteiger partial charge in [-0.05, 0) is 29.9 Å². The van der Waals surface area contributed by atoms with Crippen molar-refractivity contribution in [3.8, 4) is 0 Å². The Labute approximate surface area is 119 Å². The third kappa shape index (κ3) is 3.87. The molecular weight excluding hydrogens is 258 g/mol. The summed E-state index contributed by atoms with van der Waals surface area (Å²) in [4.78, 5) is 12.2. The molecule has 1 aromatic carbocycles. The number of hydrogen-bond donors (Lipinski definition) is 0. The molecular formula is C17H22F2O. The highest BCUT2D eigenvalue weighted by Gasteiger charge is 2.37. The molecule has 3 heteroatoms. The minimum Gasteiger partial charge on any atom is -0.299 e. The van der Waals surface area contributed by atoms with Crippen LogP contribution >= 0.6 is 0 Å². The van der Waals surface area contributed by atoms with Crippen LogP contribution in [0.4, 0.5) is 8.78 Å². The lowest BCUT2D eigenvalue weighted by atomic mass is 9.82. The van der Waals surface area contributed by atoms with E-state index in [1.165, 1.54) is 5.56 Å². The Morgan fingerprint density at radius 3 is 2.25 bits per heavy atom. The summed E-state index contributed by atoms with van der Waals surface area (Å²) in [7, 11) is 0. The standard InChI is InChI=1S/C17H22F2O/c1-12(2)14-5-3-13(4-6-14)11-16(20)15-7-9-17(18,19)10-8-15/h3-6,12,15H,7-11H2,1-2H3. The Balaban J connectivity index is 1.91. The highest BCUT2D eigenvalue weighted by atomic mass is 19.3. The monoisotopic (exact) mass is 280 g/mol. The van der Waals surface area contributed by atoms with Crippen molar-refractivity contribution in [2.24, 2.45) is 5.92 Å². The minimum atomic E-state index is -2.56. The van der Waals surface area contributed by atoms with E-state index in [1.54, 1.807) is 0 Å². The molecule has 20 heavy (non-hydrogen) atoms. The Bertz CT molecular complexity index is 452. The third-order valence-corrected chi connectivity index (χ3v) is 4.20. The summed E-state index contributed by atoms with van der Waals surface area (Å²) < 4.78 is 26.2. The van der Waals surface area contributed by atoms with Crippen LogP contribution in [0.1, 0.15) is 56.6 Å². The van der Waals surface area contributed by atoms with Crippen molar-refractivity contribution in [1.82, 2.24) is 0 Å². The number of carbonyl (C=O) groups is 1. The maximum Gasteiger partial charge on any atom is 0.248 e. The van der Waals surface area contributed by atoms with Crippen LogP contribution in [-0.2, 0) is 11.2 Å². The molecule has 0 saturated heterocycles. The van der Waals surface area contributed by atoms with Gasteiger partial charge in [0.1, 0.15) is 5.78 Å². The summed E-state index contributed by atoms with van der Waals surface area (Å²) in [6, 6.07) is 8.04. The van der Waals surface area contributed by atoms with E-state index in [0.717, 1.165) is 5.56 Å². The molecule has 0 amide bonds. The fourth-order valence-corrected chi connectivity index (χ4v) is 2.73. The fraction of sp³-hybridized carbons (Fsp3) is 0.588. The van der Waals surface area contributed by atoms with Gasteiger partial charge in [-0.1, -0.05) is 38.1 Å². The first-order chi connectivity index (χ1) is 9.37. The number of benzene rings is 1. The van der Waals surface area contributed by atoms with E-state index in [-0.39, 0.29) is 24.5 Å². The van der Waals surface area contributed by atoms with Gasteiger partial charge in [0.25, 0.3) is 0 Å². The predicted molar refractivity (Wildman–Crippen MR) is 76.1 cm³/mol. The van der Waals surface area contributed by atoms with Crippen molar-refractivity contribution in [1.29, 1.82) is 0 Å². The summed E-state index contributed by atoms with van der Waals surface area (Å²) in [6.07, 6.45) is 0.742. The van der Waals surface area contributed by atoms with E-state index >= 15 is 0 Å². The van der Waals surface area contributed by atoms with Gasteiger partial charge in [0.05, 0.1) is 0 Å². The molecule has 0 radical (unpaired) electrons. The van der Waals surface area contributed by atoms with Gasteiger partial charge in [-0.15, -0.1) is 0 Å². The highest BCUT2D eigenvalue weighted by Crippen LogP contribution is 2.36. The van der Waals surface area contributed by atoms with Crippen LogP contribution < -0.4 is 0 Å². The Hall–Kier alpha value is -1.25. The van der Waals surface area contributed by atoms with Gasteiger partial charge in [-0.3, -0.25) is 4.79 Å². The Morgan fingerprint density at radius 1 is 1.20 bits per heavy atom. The molecule has 2 rings (SSSR count). The van der Waals surface area contributed by atoms with Crippen LogP contribution in [0.3, 0.4) is 0 Å². The summed E-state index contributed by atoms with van der Waals surface area (Å²) in [5, 5.41) is 0. The molecule has 0 heterocycles. The Morgan fingerprint density at radius 2 is 1.75 bits per heavy atom. The van der Waals surface area contributed by atoms with Gasteiger partial charge >= 0.3 is 0 Å². The van der Waals surface area contributed by atoms with Crippen LogP contribution in [0.2, 0.25) is 0 Å². The first-order valence-corrected chi connectivity index (χ1v) is 7.37. The maximum atomic E-state index is 13.1. The largest absolute Gasteiger partial charge is 0.299 e. The molecule has 1 saturated carbocycles. The number of rotatable bonds is 4. The van der Waals surface area contributed by atoms with Crippen LogP contribution in [0.25, 0.3) is 0 Å². The number of alkyl halides is 2. The summed E-state index contributed by atoms with van der Waals surface area (Å²) in [6.45, 7) is 4.25. The molecule has 1 nitrogen and oxygen atoms in total. The van der Waals surface area contributed by atoms with Gasteiger partial charge in [0.15, 0.2) is 0 Å². The molecule has 0 bridgehead atoms. The normalized spacial score (nSPS) is 19.2. The fourth-order valence-electron chi connectivity index (χ4n) is 2.73. The lowest BCUT2D eigenvalue weighted by molar-refractivity contribution is -0.126. The number of ketones is 1. The second-order valence-electron chi connectivity index (χ2n) is 6.17. The first kappa shape index (κ1) is 15.1. The molecule has 0 unspecified atom stereocenters. The quantitative estimate of drug-likeness (QED) is 0.778. The SMILES string of the molecule is CC(C)c1ccc(CC(=O)C2CCC(F)(F)CC2)cc1. The third-order valence-electron chi connectivity index (χ3n) is 4.20. The van der Waals surface area contributed by atoms with Crippen LogP contribution in [0, 0.1) is 5.92 Å². The number of Topliss-reactive ketones (excluding diaryl/α,β-unsaturated/α-hetero) is 1. The molecule has 0 atom stereocenters. The van der Waals surface area contributed by atoms with Crippen molar-refractivity contribution in [3.63, 3.8) is 0 Å². The molecule has 0 aromatic heterocycles. The molecule has 1 aromatic rings. The molecule has 0 N–H and O–H groups in total. The van der Waals surface area contributed by atoms with Crippen molar-refractivity contribution in [3.05, 3.63) is 35.4 Å². The zero-order valence-corrected chi connectivity index (χ0v) is 12.2. The first-order valence-electron chi connectivity index (χ1n) is 7.37. The van der Waals surface area contributed by atoms with Gasteiger partial charge in [-0.25, -0.2) is 8.78 Å². The maximum absolute atomic E-state index is 13.1. The molecule has 0 spiro atoms. The van der Waals surface area contributed by atoms with E-state index in [0.29, 0.717) is 25.2 Å². The highest BCUT2D eigenvalue weighted by molar-refractivity contribution is 5.83. The molecule has 110 valence electrons. The molecule has 0 aliphatic heterocycles. The van der Waals surface area contributed by atoms with E-state index in [4.69, 9.17) is 0 Å². The average Bonchev–Trinajstić information content (AvgIpc) is 2.39. The summed E-state index contributed by atoms with van der Waals surface area (Å²) in [5.41, 5.74) is 2.23. The van der Waals surface area contributed by atoms with Crippen LogP contribution in [0.15, 0.2) is 24.3 Å². The number of halogens is 2. The lowest BCUT2D eigenvalue weighted by Gasteiger charge is -2.27. The second-order valence-corrected chi connectivity index (χ2v) is 6.17. The average molecular weight is 280 g/mol. The lowest BCUT2D eigenvalue weighted by Crippen LogP contribution is -2.29. The van der Waals surface area contributed by atoms with Crippen LogP contribution in [-0.4, -0.2) is 11.7 Å². The van der Waals surface area contributed by atoms with Gasteiger partial charge in [0.2, 0.25) is 5.92 Å².